The first kappa shape index (κ1) is 43.4. The van der Waals surface area contributed by atoms with Gasteiger partial charge in [0.05, 0.1) is 9.75 Å². The average Bonchev–Trinajstić information content (AvgIpc) is 4.11. The van der Waals surface area contributed by atoms with Crippen LogP contribution in [-0.2, 0) is 25.7 Å². The van der Waals surface area contributed by atoms with Gasteiger partial charge in [-0.1, -0.05) is 65.2 Å². The largest absolute Gasteiger partial charge is 0.134 e. The van der Waals surface area contributed by atoms with Crippen molar-refractivity contribution < 1.29 is 0 Å². The van der Waals surface area contributed by atoms with Gasteiger partial charge in [-0.2, -0.15) is 0 Å². The van der Waals surface area contributed by atoms with Crippen molar-refractivity contribution in [1.82, 2.24) is 0 Å². The number of aryl methyl sites for hydroxylation is 4. The maximum absolute atomic E-state index is 5.85. The van der Waals surface area contributed by atoms with Gasteiger partial charge in [0.25, 0.3) is 0 Å². The fourth-order valence-electron chi connectivity index (χ4n) is 7.52. The lowest BCUT2D eigenvalue weighted by atomic mass is 10.1. The molecule has 0 saturated carbocycles. The third kappa shape index (κ3) is 9.53. The molecule has 0 bridgehead atoms. The van der Waals surface area contributed by atoms with E-state index >= 15 is 0 Å². The van der Waals surface area contributed by atoms with Crippen molar-refractivity contribution in [3.8, 4) is 93.0 Å². The van der Waals surface area contributed by atoms with Crippen LogP contribution in [0, 0.1) is 24.7 Å². The van der Waals surface area contributed by atoms with E-state index in [0.717, 1.165) is 35.4 Å². The van der Waals surface area contributed by atoms with Gasteiger partial charge >= 0.3 is 0 Å². The smallest absolute Gasteiger partial charge is 0.0775 e. The highest BCUT2D eigenvalue weighted by atomic mass is 32.1. The SMILES string of the molecule is C#Cc1cc(CCCC)c(-c2ccc(-c3ccc(-c4sc(-c5cc(CCCC)c(-c6ccc(-c7ccc(-c8sc(C#C)cc8CCCC)s7)s6)s5)cc4CCCC)s3)s2)s1. The summed E-state index contributed by atoms with van der Waals surface area (Å²) in [6.45, 7) is 9.12. The highest BCUT2D eigenvalue weighted by Crippen LogP contribution is 2.51. The van der Waals surface area contributed by atoms with Gasteiger partial charge in [-0.3, -0.25) is 0 Å². The van der Waals surface area contributed by atoms with E-state index in [2.05, 4.69) is 112 Å². The average molecular weight is 932 g/mol. The van der Waals surface area contributed by atoms with E-state index in [1.165, 1.54) is 142 Å². The molecule has 0 atom stereocenters. The lowest BCUT2D eigenvalue weighted by Crippen LogP contribution is -1.83. The van der Waals surface area contributed by atoms with Gasteiger partial charge in [0.2, 0.25) is 0 Å². The standard InChI is InChI=1S/C52H50S8/c1-7-13-17-33-29-37(11-5)53-49(33)43-25-21-39(55-43)41-23-27-45(57-41)51-35(19-15-9-3)31-47(59-51)48-32-36(20-16-10-4)52(60-48)46-28-24-42(58-46)40-22-26-44(56-40)50-34(18-14-8-2)30-38(12-6)54-50/h5-6,21-32H,7-10,13-20H2,1-4H3. The second kappa shape index (κ2) is 20.3. The van der Waals surface area contributed by atoms with Crippen LogP contribution >= 0.6 is 90.7 Å². The monoisotopic (exact) mass is 930 g/mol. The highest BCUT2D eigenvalue weighted by Gasteiger charge is 2.21. The fourth-order valence-corrected chi connectivity index (χ4v) is 16.8. The molecule has 0 saturated heterocycles. The molecule has 8 aromatic rings. The Morgan fingerprint density at radius 3 is 0.883 bits per heavy atom. The van der Waals surface area contributed by atoms with Crippen LogP contribution in [0.2, 0.25) is 0 Å². The molecular weight excluding hydrogens is 881 g/mol. The van der Waals surface area contributed by atoms with E-state index in [9.17, 15) is 0 Å². The van der Waals surface area contributed by atoms with E-state index in [1.807, 2.05) is 68.0 Å². The Bertz CT molecular complexity index is 2570. The normalized spacial score (nSPS) is 11.4. The first-order valence-electron chi connectivity index (χ1n) is 21.3. The lowest BCUT2D eigenvalue weighted by Gasteiger charge is -2.00. The van der Waals surface area contributed by atoms with E-state index in [0.29, 0.717) is 0 Å². The lowest BCUT2D eigenvalue weighted by molar-refractivity contribution is 0.798. The van der Waals surface area contributed by atoms with Crippen LogP contribution in [-0.4, -0.2) is 0 Å². The van der Waals surface area contributed by atoms with Gasteiger partial charge in [-0.15, -0.1) is 104 Å². The Morgan fingerprint density at radius 2 is 0.600 bits per heavy atom. The summed E-state index contributed by atoms with van der Waals surface area (Å²) < 4.78 is 0. The summed E-state index contributed by atoms with van der Waals surface area (Å²) in [5.74, 6) is 5.79. The Hall–Kier alpha value is -3.28. The minimum Gasteiger partial charge on any atom is -0.134 e. The molecule has 8 heterocycles. The minimum atomic E-state index is 1.03. The minimum absolute atomic E-state index is 1.03. The van der Waals surface area contributed by atoms with Crippen molar-refractivity contribution in [3.05, 3.63) is 105 Å². The predicted molar refractivity (Wildman–Crippen MR) is 278 cm³/mol. The Morgan fingerprint density at radius 1 is 0.333 bits per heavy atom. The molecule has 0 N–H and O–H groups in total. The molecule has 0 fully saturated rings. The van der Waals surface area contributed by atoms with Crippen LogP contribution in [0.4, 0.5) is 0 Å². The number of terminal acetylenes is 2. The van der Waals surface area contributed by atoms with Gasteiger partial charge in [0, 0.05) is 68.3 Å². The van der Waals surface area contributed by atoms with Gasteiger partial charge < -0.3 is 0 Å². The van der Waals surface area contributed by atoms with Crippen LogP contribution in [0.1, 0.15) is 111 Å². The molecule has 0 aliphatic rings. The zero-order valence-corrected chi connectivity index (χ0v) is 41.4. The molecule has 0 nitrogen and oxygen atoms in total. The van der Waals surface area contributed by atoms with Gasteiger partial charge in [-0.05, 0) is 146 Å². The third-order valence-electron chi connectivity index (χ3n) is 10.8. The van der Waals surface area contributed by atoms with Crippen molar-refractivity contribution in [1.29, 1.82) is 0 Å². The zero-order chi connectivity index (χ0) is 41.6. The van der Waals surface area contributed by atoms with Crippen LogP contribution in [0.15, 0.2) is 72.8 Å². The fraction of sp³-hybridized carbons (Fsp3) is 0.308. The molecule has 8 rings (SSSR count). The zero-order valence-electron chi connectivity index (χ0n) is 34.8. The molecule has 0 aromatic carbocycles. The number of rotatable bonds is 19. The molecular formula is C52H50S8. The topological polar surface area (TPSA) is 0 Å². The number of thiophene rings is 8. The molecule has 0 aliphatic heterocycles. The molecule has 0 aliphatic carbocycles. The van der Waals surface area contributed by atoms with Crippen LogP contribution in [0.5, 0.6) is 0 Å². The number of hydrogen-bond donors (Lipinski definition) is 0. The van der Waals surface area contributed by atoms with Gasteiger partial charge in [0.15, 0.2) is 0 Å². The van der Waals surface area contributed by atoms with Crippen LogP contribution in [0.25, 0.3) is 68.3 Å². The van der Waals surface area contributed by atoms with Crippen molar-refractivity contribution in [2.75, 3.05) is 0 Å². The van der Waals surface area contributed by atoms with Gasteiger partial charge in [-0.25, -0.2) is 0 Å². The summed E-state index contributed by atoms with van der Waals surface area (Å²) in [6.07, 6.45) is 25.6. The highest BCUT2D eigenvalue weighted by molar-refractivity contribution is 7.31. The summed E-state index contributed by atoms with van der Waals surface area (Å²) in [5.41, 5.74) is 5.79. The van der Waals surface area contributed by atoms with E-state index in [1.54, 1.807) is 22.7 Å². The number of hydrogen-bond acceptors (Lipinski definition) is 8. The van der Waals surface area contributed by atoms with Crippen LogP contribution in [0.3, 0.4) is 0 Å². The summed E-state index contributed by atoms with van der Waals surface area (Å²) in [5, 5.41) is 0. The summed E-state index contributed by atoms with van der Waals surface area (Å²) in [7, 11) is 0. The molecule has 0 unspecified atom stereocenters. The molecule has 0 amide bonds. The second-order valence-electron chi connectivity index (χ2n) is 15.2. The first-order valence-corrected chi connectivity index (χ1v) is 27.8. The van der Waals surface area contributed by atoms with Crippen molar-refractivity contribution in [2.45, 2.75) is 105 Å². The van der Waals surface area contributed by atoms with Crippen LogP contribution < -0.4 is 0 Å². The molecule has 8 heteroatoms. The van der Waals surface area contributed by atoms with E-state index in [4.69, 9.17) is 12.8 Å². The number of unbranched alkanes of at least 4 members (excludes halogenated alkanes) is 4. The molecule has 60 heavy (non-hydrogen) atoms. The van der Waals surface area contributed by atoms with Gasteiger partial charge in [0.1, 0.15) is 0 Å². The Kier molecular flexibility index (Phi) is 14.7. The van der Waals surface area contributed by atoms with E-state index in [-0.39, 0.29) is 0 Å². The Balaban J connectivity index is 1.07. The maximum atomic E-state index is 5.85. The van der Waals surface area contributed by atoms with Crippen molar-refractivity contribution in [3.63, 3.8) is 0 Å². The second-order valence-corrected chi connectivity index (χ2v) is 23.8. The summed E-state index contributed by atoms with van der Waals surface area (Å²) in [6, 6.07) is 28.2. The molecule has 0 spiro atoms. The van der Waals surface area contributed by atoms with Crippen molar-refractivity contribution in [2.24, 2.45) is 0 Å². The Labute approximate surface area is 389 Å². The maximum Gasteiger partial charge on any atom is 0.0775 e. The summed E-state index contributed by atoms with van der Waals surface area (Å²) >= 11 is 15.2. The van der Waals surface area contributed by atoms with E-state index < -0.39 is 0 Å². The molecule has 0 radical (unpaired) electrons. The molecule has 8 aromatic heterocycles. The first-order chi connectivity index (χ1) is 29.4. The quantitative estimate of drug-likeness (QED) is 0.0709. The predicted octanol–water partition coefficient (Wildman–Crippen LogP) is 19.2. The van der Waals surface area contributed by atoms with Crippen molar-refractivity contribution >= 4 is 90.7 Å². The summed E-state index contributed by atoms with van der Waals surface area (Å²) in [4.78, 5) is 21.3. The molecule has 306 valence electrons. The third-order valence-corrected chi connectivity index (χ3v) is 21.0.